The highest BCUT2D eigenvalue weighted by atomic mass is 16.6. The topological polar surface area (TPSA) is 42.2 Å². The van der Waals surface area contributed by atoms with Gasteiger partial charge in [0.2, 0.25) is 0 Å². The Bertz CT molecular complexity index is 576. The minimum absolute atomic E-state index is 0.270. The van der Waals surface area contributed by atoms with Gasteiger partial charge in [0.15, 0.2) is 0 Å². The number of nitrogens with zero attached hydrogens (tertiary/aromatic N) is 3. The Morgan fingerprint density at radius 1 is 1.25 bits per heavy atom. The lowest BCUT2D eigenvalue weighted by molar-refractivity contribution is 0.264. The SMILES string of the molecule is Cc1nonc1CN1CC(c2ccccc2)C(C)(C)C1. The van der Waals surface area contributed by atoms with E-state index in [0.29, 0.717) is 5.92 Å². The van der Waals surface area contributed by atoms with Gasteiger partial charge in [-0.2, -0.15) is 0 Å². The maximum atomic E-state index is 4.79. The second kappa shape index (κ2) is 5.02. The number of aromatic nitrogens is 2. The highest BCUT2D eigenvalue weighted by molar-refractivity contribution is 5.24. The van der Waals surface area contributed by atoms with Crippen LogP contribution < -0.4 is 0 Å². The van der Waals surface area contributed by atoms with Crippen LogP contribution in [0.4, 0.5) is 0 Å². The zero-order valence-electron chi connectivity index (χ0n) is 12.3. The molecule has 1 fully saturated rings. The average Bonchev–Trinajstić information content (AvgIpc) is 2.94. The molecule has 1 atom stereocenters. The normalized spacial score (nSPS) is 22.2. The van der Waals surface area contributed by atoms with Crippen LogP contribution in [0.2, 0.25) is 0 Å². The van der Waals surface area contributed by atoms with Crippen LogP contribution in [0.3, 0.4) is 0 Å². The summed E-state index contributed by atoms with van der Waals surface area (Å²) in [7, 11) is 0. The number of hydrogen-bond acceptors (Lipinski definition) is 4. The van der Waals surface area contributed by atoms with Crippen LogP contribution >= 0.6 is 0 Å². The maximum absolute atomic E-state index is 4.79. The number of aryl methyl sites for hydroxylation is 1. The standard InChI is InChI=1S/C16H21N3O/c1-12-15(18-20-17-12)10-19-9-14(16(2,3)11-19)13-7-5-4-6-8-13/h4-8,14H,9-11H2,1-3H3. The van der Waals surface area contributed by atoms with Crippen molar-refractivity contribution in [3.05, 3.63) is 47.3 Å². The van der Waals surface area contributed by atoms with E-state index in [1.807, 2.05) is 6.92 Å². The molecule has 4 nitrogen and oxygen atoms in total. The summed E-state index contributed by atoms with van der Waals surface area (Å²) in [4.78, 5) is 2.45. The number of likely N-dealkylation sites (tertiary alicyclic amines) is 1. The molecule has 4 heteroatoms. The molecule has 1 aromatic carbocycles. The van der Waals surface area contributed by atoms with Gasteiger partial charge in [-0.3, -0.25) is 4.90 Å². The fourth-order valence-corrected chi connectivity index (χ4v) is 3.22. The molecule has 0 N–H and O–H groups in total. The number of rotatable bonds is 3. The van der Waals surface area contributed by atoms with E-state index in [9.17, 15) is 0 Å². The van der Waals surface area contributed by atoms with Gasteiger partial charge in [-0.25, -0.2) is 4.63 Å². The largest absolute Gasteiger partial charge is 0.296 e. The molecule has 106 valence electrons. The highest BCUT2D eigenvalue weighted by Crippen LogP contribution is 2.42. The van der Waals surface area contributed by atoms with E-state index in [1.165, 1.54) is 5.56 Å². The molecule has 0 saturated carbocycles. The lowest BCUT2D eigenvalue weighted by atomic mass is 9.78. The van der Waals surface area contributed by atoms with Gasteiger partial charge < -0.3 is 0 Å². The van der Waals surface area contributed by atoms with Crippen LogP contribution in [0.25, 0.3) is 0 Å². The zero-order chi connectivity index (χ0) is 14.2. The first-order valence-electron chi connectivity index (χ1n) is 7.11. The molecule has 0 spiro atoms. The van der Waals surface area contributed by atoms with Crippen LogP contribution in [-0.2, 0) is 6.54 Å². The lowest BCUT2D eigenvalue weighted by Gasteiger charge is -2.26. The second-order valence-corrected chi connectivity index (χ2v) is 6.42. The summed E-state index contributed by atoms with van der Waals surface area (Å²) in [6.07, 6.45) is 0. The van der Waals surface area contributed by atoms with E-state index >= 15 is 0 Å². The van der Waals surface area contributed by atoms with Crippen LogP contribution in [0, 0.1) is 12.3 Å². The zero-order valence-corrected chi connectivity index (χ0v) is 12.3. The van der Waals surface area contributed by atoms with Gasteiger partial charge in [0.1, 0.15) is 11.4 Å². The molecule has 2 heterocycles. The van der Waals surface area contributed by atoms with Crippen molar-refractivity contribution in [1.29, 1.82) is 0 Å². The van der Waals surface area contributed by atoms with Crippen molar-refractivity contribution in [2.24, 2.45) is 5.41 Å². The monoisotopic (exact) mass is 271 g/mol. The van der Waals surface area contributed by atoms with Crippen LogP contribution in [-0.4, -0.2) is 28.3 Å². The summed E-state index contributed by atoms with van der Waals surface area (Å²) in [5, 5.41) is 7.86. The first-order valence-corrected chi connectivity index (χ1v) is 7.11. The Morgan fingerprint density at radius 3 is 2.65 bits per heavy atom. The molecular weight excluding hydrogens is 250 g/mol. The van der Waals surface area contributed by atoms with Crippen molar-refractivity contribution < 1.29 is 4.63 Å². The molecule has 20 heavy (non-hydrogen) atoms. The minimum Gasteiger partial charge on any atom is -0.296 e. The van der Waals surface area contributed by atoms with Gasteiger partial charge in [0.25, 0.3) is 0 Å². The third-order valence-corrected chi connectivity index (χ3v) is 4.34. The molecule has 0 radical (unpaired) electrons. The Kier molecular flexibility index (Phi) is 3.34. The quantitative estimate of drug-likeness (QED) is 0.860. The van der Waals surface area contributed by atoms with Gasteiger partial charge in [0.05, 0.1) is 0 Å². The summed E-state index contributed by atoms with van der Waals surface area (Å²) in [5.74, 6) is 0.559. The van der Waals surface area contributed by atoms with Crippen LogP contribution in [0.5, 0.6) is 0 Å². The van der Waals surface area contributed by atoms with Crippen LogP contribution in [0.1, 0.15) is 36.7 Å². The second-order valence-electron chi connectivity index (χ2n) is 6.42. The van der Waals surface area contributed by atoms with Crippen molar-refractivity contribution in [2.45, 2.75) is 33.2 Å². The molecular formula is C16H21N3O. The van der Waals surface area contributed by atoms with E-state index < -0.39 is 0 Å². The molecule has 1 aromatic heterocycles. The molecule has 1 unspecified atom stereocenters. The van der Waals surface area contributed by atoms with E-state index in [-0.39, 0.29) is 5.41 Å². The summed E-state index contributed by atoms with van der Waals surface area (Å²) >= 11 is 0. The maximum Gasteiger partial charge on any atom is 0.122 e. The number of hydrogen-bond donors (Lipinski definition) is 0. The molecule has 1 aliphatic rings. The van der Waals surface area contributed by atoms with E-state index in [1.54, 1.807) is 0 Å². The fourth-order valence-electron chi connectivity index (χ4n) is 3.22. The van der Waals surface area contributed by atoms with Crippen molar-refractivity contribution in [3.8, 4) is 0 Å². The van der Waals surface area contributed by atoms with Gasteiger partial charge >= 0.3 is 0 Å². The predicted octanol–water partition coefficient (Wildman–Crippen LogP) is 3.00. The highest BCUT2D eigenvalue weighted by Gasteiger charge is 2.40. The third kappa shape index (κ3) is 2.48. The van der Waals surface area contributed by atoms with Gasteiger partial charge in [0, 0.05) is 25.6 Å². The van der Waals surface area contributed by atoms with Crippen molar-refractivity contribution in [3.63, 3.8) is 0 Å². The Hall–Kier alpha value is -1.68. The molecule has 2 aromatic rings. The summed E-state index contributed by atoms with van der Waals surface area (Å²) in [6, 6.07) is 10.8. The van der Waals surface area contributed by atoms with Crippen LogP contribution in [0.15, 0.2) is 35.0 Å². The summed E-state index contributed by atoms with van der Waals surface area (Å²) in [5.41, 5.74) is 3.54. The van der Waals surface area contributed by atoms with Crippen molar-refractivity contribution in [2.75, 3.05) is 13.1 Å². The Labute approximate surface area is 119 Å². The third-order valence-electron chi connectivity index (χ3n) is 4.34. The van der Waals surface area contributed by atoms with Crippen molar-refractivity contribution >= 4 is 0 Å². The summed E-state index contributed by atoms with van der Waals surface area (Å²) in [6.45, 7) is 9.59. The predicted molar refractivity (Wildman–Crippen MR) is 77.3 cm³/mol. The summed E-state index contributed by atoms with van der Waals surface area (Å²) < 4.78 is 4.79. The Balaban J connectivity index is 1.77. The first-order chi connectivity index (χ1) is 9.56. The first kappa shape index (κ1) is 13.3. The average molecular weight is 271 g/mol. The number of benzene rings is 1. The van der Waals surface area contributed by atoms with E-state index in [4.69, 9.17) is 4.63 Å². The van der Waals surface area contributed by atoms with Gasteiger partial charge in [-0.1, -0.05) is 54.5 Å². The van der Waals surface area contributed by atoms with E-state index in [0.717, 1.165) is 31.0 Å². The molecule has 1 saturated heterocycles. The molecule has 1 aliphatic heterocycles. The molecule has 0 aliphatic carbocycles. The van der Waals surface area contributed by atoms with Gasteiger partial charge in [-0.05, 0) is 17.9 Å². The minimum atomic E-state index is 0.270. The van der Waals surface area contributed by atoms with Crippen molar-refractivity contribution in [1.82, 2.24) is 15.2 Å². The van der Waals surface area contributed by atoms with E-state index in [2.05, 4.69) is 59.4 Å². The smallest absolute Gasteiger partial charge is 0.122 e. The fraction of sp³-hybridized carbons (Fsp3) is 0.500. The Morgan fingerprint density at radius 2 is 2.00 bits per heavy atom. The molecule has 0 bridgehead atoms. The molecule has 0 amide bonds. The lowest BCUT2D eigenvalue weighted by Crippen LogP contribution is -2.23. The molecule has 3 rings (SSSR count). The van der Waals surface area contributed by atoms with Gasteiger partial charge in [-0.15, -0.1) is 0 Å².